The molecule has 2 N–H and O–H groups in total. The molecule has 0 aliphatic carbocycles. The molecule has 0 fully saturated rings. The van der Waals surface area contributed by atoms with Crippen LogP contribution in [0.1, 0.15) is 0 Å². The van der Waals surface area contributed by atoms with Gasteiger partial charge in [0.05, 0.1) is 11.1 Å². The molecule has 0 unspecified atom stereocenters. The van der Waals surface area contributed by atoms with E-state index in [0.29, 0.717) is 10.8 Å². The van der Waals surface area contributed by atoms with Crippen LogP contribution in [-0.4, -0.2) is 10.2 Å². The Morgan fingerprint density at radius 1 is 0.348 bits per heavy atom. The number of phenols is 2. The highest BCUT2D eigenvalue weighted by Crippen LogP contribution is 2.44. The molecule has 0 radical (unpaired) electrons. The van der Waals surface area contributed by atoms with Crippen LogP contribution in [0.4, 0.5) is 57.9 Å². The highest BCUT2D eigenvalue weighted by Gasteiger charge is 2.34. The van der Waals surface area contributed by atoms with Gasteiger partial charge in [-0.3, -0.25) is 0 Å². The topological polar surface area (TPSA) is 89.9 Å². The van der Waals surface area contributed by atoms with Gasteiger partial charge in [0.15, 0.2) is 57.9 Å². The average molecular weight is 638 g/mol. The first-order valence-corrected chi connectivity index (χ1v) is 13.0. The van der Waals surface area contributed by atoms with Crippen molar-refractivity contribution in [2.75, 3.05) is 0 Å². The summed E-state index contributed by atoms with van der Waals surface area (Å²) < 4.78 is 121. The first kappa shape index (κ1) is 30.1. The number of aromatic hydroxyl groups is 2. The van der Waals surface area contributed by atoms with Crippen molar-refractivity contribution in [1.82, 2.24) is 0 Å². The molecule has 0 bridgehead atoms. The van der Waals surface area contributed by atoms with Gasteiger partial charge >= 0.3 is 0 Å². The summed E-state index contributed by atoms with van der Waals surface area (Å²) in [6, 6.07) is 17.8. The van der Waals surface area contributed by atoms with E-state index in [9.17, 15) is 10.2 Å². The lowest BCUT2D eigenvalue weighted by Gasteiger charge is -2.13. The molecule has 6 aromatic carbocycles. The molecule has 6 aromatic rings. The number of rotatable bonds is 5. The Bertz CT molecular complexity index is 2070. The molecule has 0 aliphatic rings. The summed E-state index contributed by atoms with van der Waals surface area (Å²) in [6.45, 7) is 0. The lowest BCUT2D eigenvalue weighted by molar-refractivity contribution is 0.444. The van der Waals surface area contributed by atoms with Crippen molar-refractivity contribution >= 4 is 44.3 Å². The summed E-state index contributed by atoms with van der Waals surface area (Å²) in [6.07, 6.45) is 0. The SMILES string of the molecule is Oc1ccc2ccccc2c1N=Nc1c(F)c(F)c(-c2c(F)c(F)c(N=Nc3c(O)ccc4ccccc34)c(F)c2F)c(F)c1F. The summed E-state index contributed by atoms with van der Waals surface area (Å²) in [5.41, 5.74) is -8.30. The van der Waals surface area contributed by atoms with E-state index in [4.69, 9.17) is 0 Å². The fraction of sp³-hybridized carbons (Fsp3) is 0. The van der Waals surface area contributed by atoms with E-state index in [0.717, 1.165) is 0 Å². The quantitative estimate of drug-likeness (QED) is 0.112. The van der Waals surface area contributed by atoms with Crippen LogP contribution in [0, 0.1) is 46.5 Å². The Balaban J connectivity index is 1.46. The maximum absolute atomic E-state index is 15.2. The van der Waals surface area contributed by atoms with E-state index in [2.05, 4.69) is 20.5 Å². The summed E-state index contributed by atoms with van der Waals surface area (Å²) >= 11 is 0. The average Bonchev–Trinajstić information content (AvgIpc) is 3.06. The Labute approximate surface area is 252 Å². The molecule has 0 amide bonds. The second kappa shape index (κ2) is 11.5. The molecular formula is C32H14F8N4O2. The minimum absolute atomic E-state index is 0.243. The van der Waals surface area contributed by atoms with E-state index in [1.54, 1.807) is 24.3 Å². The van der Waals surface area contributed by atoms with Gasteiger partial charge < -0.3 is 10.2 Å². The van der Waals surface area contributed by atoms with Crippen molar-refractivity contribution in [3.63, 3.8) is 0 Å². The number of nitrogens with zero attached hydrogens (tertiary/aromatic N) is 4. The van der Waals surface area contributed by atoms with Crippen LogP contribution < -0.4 is 0 Å². The molecule has 14 heteroatoms. The van der Waals surface area contributed by atoms with E-state index >= 15 is 35.1 Å². The highest BCUT2D eigenvalue weighted by molar-refractivity contribution is 5.96. The van der Waals surface area contributed by atoms with Gasteiger partial charge in [-0.15, -0.1) is 20.5 Å². The standard InChI is InChI=1S/C32H14F8N4O2/c33-21-19(22(34)26(38)31(25(21)37)43-41-29-15-7-3-1-5-13(15)9-11-17(29)45)20-23(35)27(39)32(28(40)24(20)36)44-42-30-16-8-4-2-6-14(16)10-12-18(30)46/h1-12,45-46H. The predicted molar refractivity (Wildman–Crippen MR) is 151 cm³/mol. The molecule has 0 saturated heterocycles. The Hall–Kier alpha value is -5.92. The molecule has 46 heavy (non-hydrogen) atoms. The van der Waals surface area contributed by atoms with E-state index in [1.807, 2.05) is 0 Å². The number of hydrogen-bond donors (Lipinski definition) is 2. The van der Waals surface area contributed by atoms with Crippen molar-refractivity contribution < 1.29 is 45.3 Å². The molecule has 6 rings (SSSR count). The number of benzene rings is 6. The number of fused-ring (bicyclic) bond motifs is 2. The smallest absolute Gasteiger partial charge is 0.190 e. The lowest BCUT2D eigenvalue weighted by Crippen LogP contribution is -2.06. The van der Waals surface area contributed by atoms with Gasteiger partial charge in [0, 0.05) is 10.8 Å². The first-order chi connectivity index (χ1) is 22.0. The van der Waals surface area contributed by atoms with Crippen LogP contribution >= 0.6 is 0 Å². The van der Waals surface area contributed by atoms with Crippen LogP contribution in [-0.2, 0) is 0 Å². The van der Waals surface area contributed by atoms with Crippen molar-refractivity contribution in [3.8, 4) is 22.6 Å². The third-order valence-corrected chi connectivity index (χ3v) is 6.99. The second-order valence-corrected chi connectivity index (χ2v) is 9.67. The van der Waals surface area contributed by atoms with Gasteiger partial charge in [0.1, 0.15) is 22.9 Å². The summed E-state index contributed by atoms with van der Waals surface area (Å²) in [4.78, 5) is 0. The zero-order valence-corrected chi connectivity index (χ0v) is 22.6. The number of azo groups is 2. The van der Waals surface area contributed by atoms with E-state index in [-0.39, 0.29) is 22.1 Å². The maximum atomic E-state index is 15.2. The summed E-state index contributed by atoms with van der Waals surface area (Å²) in [7, 11) is 0. The normalized spacial score (nSPS) is 11.9. The predicted octanol–water partition coefficient (Wildman–Crippen LogP) is 11.0. The maximum Gasteiger partial charge on any atom is 0.190 e. The minimum Gasteiger partial charge on any atom is -0.506 e. The molecule has 0 aromatic heterocycles. The van der Waals surface area contributed by atoms with E-state index < -0.39 is 80.5 Å². The molecule has 230 valence electrons. The van der Waals surface area contributed by atoms with Crippen molar-refractivity contribution in [1.29, 1.82) is 0 Å². The van der Waals surface area contributed by atoms with Crippen molar-refractivity contribution in [2.24, 2.45) is 20.5 Å². The van der Waals surface area contributed by atoms with Crippen LogP contribution in [0.3, 0.4) is 0 Å². The van der Waals surface area contributed by atoms with Crippen molar-refractivity contribution in [3.05, 3.63) is 119 Å². The van der Waals surface area contributed by atoms with Gasteiger partial charge in [0.25, 0.3) is 0 Å². The molecule has 0 aliphatic heterocycles. The van der Waals surface area contributed by atoms with Crippen LogP contribution in [0.15, 0.2) is 93.3 Å². The Kier molecular flexibility index (Phi) is 7.56. The molecule has 0 atom stereocenters. The Morgan fingerprint density at radius 2 is 0.652 bits per heavy atom. The fourth-order valence-electron chi connectivity index (χ4n) is 4.75. The number of phenolic OH excluding ortho intramolecular Hbond substituents is 2. The second-order valence-electron chi connectivity index (χ2n) is 9.67. The third-order valence-electron chi connectivity index (χ3n) is 6.99. The van der Waals surface area contributed by atoms with Crippen LogP contribution in [0.2, 0.25) is 0 Å². The van der Waals surface area contributed by atoms with Gasteiger partial charge in [-0.2, -0.15) is 0 Å². The molecule has 6 nitrogen and oxygen atoms in total. The van der Waals surface area contributed by atoms with Gasteiger partial charge in [0.2, 0.25) is 0 Å². The zero-order chi connectivity index (χ0) is 32.9. The van der Waals surface area contributed by atoms with Crippen LogP contribution in [0.25, 0.3) is 32.7 Å². The Morgan fingerprint density at radius 3 is 1.00 bits per heavy atom. The summed E-state index contributed by atoms with van der Waals surface area (Å²) in [5.74, 6) is -20.1. The lowest BCUT2D eigenvalue weighted by atomic mass is 10.00. The highest BCUT2D eigenvalue weighted by atomic mass is 19.2. The van der Waals surface area contributed by atoms with Crippen molar-refractivity contribution in [2.45, 2.75) is 0 Å². The molecular weight excluding hydrogens is 624 g/mol. The number of hydrogen-bond acceptors (Lipinski definition) is 6. The molecule has 0 heterocycles. The van der Waals surface area contributed by atoms with E-state index in [1.165, 1.54) is 48.5 Å². The molecule has 0 saturated carbocycles. The third kappa shape index (κ3) is 4.83. The van der Waals surface area contributed by atoms with Gasteiger partial charge in [-0.25, -0.2) is 35.1 Å². The minimum atomic E-state index is -2.46. The molecule has 0 spiro atoms. The monoisotopic (exact) mass is 638 g/mol. The van der Waals surface area contributed by atoms with Crippen LogP contribution in [0.5, 0.6) is 11.5 Å². The van der Waals surface area contributed by atoms with Gasteiger partial charge in [-0.1, -0.05) is 60.7 Å². The zero-order valence-electron chi connectivity index (χ0n) is 22.6. The first-order valence-electron chi connectivity index (χ1n) is 13.0. The number of halogens is 8. The van der Waals surface area contributed by atoms with Gasteiger partial charge in [-0.05, 0) is 22.9 Å². The fourth-order valence-corrected chi connectivity index (χ4v) is 4.75. The largest absolute Gasteiger partial charge is 0.506 e. The summed E-state index contributed by atoms with van der Waals surface area (Å²) in [5, 5.41) is 35.2.